The van der Waals surface area contributed by atoms with Gasteiger partial charge in [0.1, 0.15) is 0 Å². The summed E-state index contributed by atoms with van der Waals surface area (Å²) in [5.74, 6) is 2.53. The molecule has 94 valence electrons. The number of amides is 1. The van der Waals surface area contributed by atoms with Crippen molar-refractivity contribution in [2.24, 2.45) is 0 Å². The van der Waals surface area contributed by atoms with Gasteiger partial charge in [-0.15, -0.1) is 0 Å². The predicted molar refractivity (Wildman–Crippen MR) is 70.0 cm³/mol. The van der Waals surface area contributed by atoms with Crippen LogP contribution in [-0.2, 0) is 11.3 Å². The van der Waals surface area contributed by atoms with Crippen LogP contribution in [0.3, 0.4) is 0 Å². The number of carbonyl (C=O) groups is 1. The van der Waals surface area contributed by atoms with Gasteiger partial charge >= 0.3 is 0 Å². The van der Waals surface area contributed by atoms with Crippen LogP contribution in [-0.4, -0.2) is 45.0 Å². The number of thioether (sulfide) groups is 1. The third-order valence-electron chi connectivity index (χ3n) is 2.98. The van der Waals surface area contributed by atoms with Gasteiger partial charge < -0.3 is 9.47 Å². The van der Waals surface area contributed by atoms with Crippen molar-refractivity contribution in [3.63, 3.8) is 0 Å². The zero-order chi connectivity index (χ0) is 11.9. The van der Waals surface area contributed by atoms with Crippen LogP contribution in [0.5, 0.6) is 0 Å². The molecular weight excluding hydrogens is 234 g/mol. The second-order valence-corrected chi connectivity index (χ2v) is 5.48. The number of rotatable bonds is 5. The summed E-state index contributed by atoms with van der Waals surface area (Å²) < 4.78 is 2.06. The predicted octanol–water partition coefficient (Wildman–Crippen LogP) is 1.63. The molecule has 0 aromatic carbocycles. The molecule has 1 aromatic heterocycles. The number of unbranched alkanes of at least 4 members (excludes halogenated alkanes) is 1. The topological polar surface area (TPSA) is 38.1 Å². The Labute approximate surface area is 106 Å². The Morgan fingerprint density at radius 1 is 1.29 bits per heavy atom. The SMILES string of the molecule is O=C(CCCCn1ccnc1)N1CCSCC1. The first-order valence-corrected chi connectivity index (χ1v) is 7.33. The van der Waals surface area contributed by atoms with Crippen LogP contribution >= 0.6 is 11.8 Å². The summed E-state index contributed by atoms with van der Waals surface area (Å²) in [4.78, 5) is 17.9. The molecule has 0 unspecified atom stereocenters. The molecule has 1 saturated heterocycles. The van der Waals surface area contributed by atoms with E-state index in [1.165, 1.54) is 0 Å². The van der Waals surface area contributed by atoms with Crippen LogP contribution in [0.25, 0.3) is 0 Å². The normalized spacial score (nSPS) is 16.1. The second kappa shape index (κ2) is 6.69. The van der Waals surface area contributed by atoms with E-state index in [1.807, 2.05) is 29.2 Å². The number of hydrogen-bond donors (Lipinski definition) is 0. The highest BCUT2D eigenvalue weighted by molar-refractivity contribution is 7.99. The van der Waals surface area contributed by atoms with E-state index in [0.717, 1.165) is 44.0 Å². The zero-order valence-corrected chi connectivity index (χ0v) is 10.9. The summed E-state index contributed by atoms with van der Waals surface area (Å²) in [5.41, 5.74) is 0. The van der Waals surface area contributed by atoms with Crippen molar-refractivity contribution in [3.8, 4) is 0 Å². The highest BCUT2D eigenvalue weighted by Gasteiger charge is 2.15. The van der Waals surface area contributed by atoms with E-state index in [9.17, 15) is 4.79 Å². The lowest BCUT2D eigenvalue weighted by atomic mass is 10.2. The van der Waals surface area contributed by atoms with Gasteiger partial charge in [0.05, 0.1) is 6.33 Å². The van der Waals surface area contributed by atoms with Gasteiger partial charge in [-0.2, -0.15) is 11.8 Å². The van der Waals surface area contributed by atoms with Gasteiger partial charge in [-0.05, 0) is 12.8 Å². The maximum Gasteiger partial charge on any atom is 0.222 e. The van der Waals surface area contributed by atoms with Crippen LogP contribution in [0.2, 0.25) is 0 Å². The smallest absolute Gasteiger partial charge is 0.222 e. The molecule has 1 fully saturated rings. The molecule has 4 nitrogen and oxygen atoms in total. The summed E-state index contributed by atoms with van der Waals surface area (Å²) in [6.07, 6.45) is 8.29. The first kappa shape index (κ1) is 12.5. The molecule has 0 radical (unpaired) electrons. The van der Waals surface area contributed by atoms with Crippen molar-refractivity contribution in [1.29, 1.82) is 0 Å². The lowest BCUT2D eigenvalue weighted by Gasteiger charge is -2.26. The molecule has 0 spiro atoms. The van der Waals surface area contributed by atoms with Gasteiger partial charge in [0.25, 0.3) is 0 Å². The van der Waals surface area contributed by atoms with Gasteiger partial charge in [-0.25, -0.2) is 4.98 Å². The molecule has 2 rings (SSSR count). The lowest BCUT2D eigenvalue weighted by molar-refractivity contribution is -0.130. The van der Waals surface area contributed by atoms with Crippen LogP contribution < -0.4 is 0 Å². The molecule has 5 heteroatoms. The van der Waals surface area contributed by atoms with Crippen molar-refractivity contribution in [3.05, 3.63) is 18.7 Å². The molecule has 17 heavy (non-hydrogen) atoms. The third kappa shape index (κ3) is 4.07. The van der Waals surface area contributed by atoms with E-state index in [4.69, 9.17) is 0 Å². The Kier molecular flexibility index (Phi) is 4.91. The summed E-state index contributed by atoms with van der Waals surface area (Å²) in [5, 5.41) is 0. The third-order valence-corrected chi connectivity index (χ3v) is 3.92. The van der Waals surface area contributed by atoms with E-state index < -0.39 is 0 Å². The number of aryl methyl sites for hydroxylation is 1. The minimum atomic E-state index is 0.330. The number of nitrogens with zero attached hydrogens (tertiary/aromatic N) is 3. The molecule has 0 atom stereocenters. The molecule has 0 aliphatic carbocycles. The average Bonchev–Trinajstić information content (AvgIpc) is 2.88. The van der Waals surface area contributed by atoms with Crippen molar-refractivity contribution in [2.45, 2.75) is 25.8 Å². The summed E-state index contributed by atoms with van der Waals surface area (Å²) in [6.45, 7) is 2.83. The van der Waals surface area contributed by atoms with Gasteiger partial charge in [-0.1, -0.05) is 0 Å². The molecule has 1 aliphatic rings. The van der Waals surface area contributed by atoms with E-state index in [2.05, 4.69) is 9.55 Å². The monoisotopic (exact) mass is 253 g/mol. The zero-order valence-electron chi connectivity index (χ0n) is 10.0. The first-order valence-electron chi connectivity index (χ1n) is 6.17. The Hall–Kier alpha value is -0.970. The minimum absolute atomic E-state index is 0.330. The number of carbonyl (C=O) groups excluding carboxylic acids is 1. The first-order chi connectivity index (χ1) is 8.36. The molecule has 1 amide bonds. The standard InChI is InChI=1S/C12H19N3OS/c16-12(15-7-9-17-10-8-15)3-1-2-5-14-6-4-13-11-14/h4,6,11H,1-3,5,7-10H2. The fourth-order valence-electron chi connectivity index (χ4n) is 1.96. The highest BCUT2D eigenvalue weighted by atomic mass is 32.2. The molecule has 1 aliphatic heterocycles. The summed E-state index contributed by atoms with van der Waals surface area (Å²) in [6, 6.07) is 0. The van der Waals surface area contributed by atoms with Gasteiger partial charge in [0, 0.05) is 50.0 Å². The van der Waals surface area contributed by atoms with E-state index in [1.54, 1.807) is 6.20 Å². The van der Waals surface area contributed by atoms with Crippen molar-refractivity contribution in [1.82, 2.24) is 14.5 Å². The number of imidazole rings is 1. The molecule has 1 aromatic rings. The Morgan fingerprint density at radius 2 is 2.12 bits per heavy atom. The van der Waals surface area contributed by atoms with E-state index in [-0.39, 0.29) is 0 Å². The Morgan fingerprint density at radius 3 is 2.82 bits per heavy atom. The van der Waals surface area contributed by atoms with Crippen LogP contribution in [0.4, 0.5) is 0 Å². The largest absolute Gasteiger partial charge is 0.341 e. The molecule has 2 heterocycles. The highest BCUT2D eigenvalue weighted by Crippen LogP contribution is 2.11. The molecule has 0 saturated carbocycles. The molecule has 0 bridgehead atoms. The quantitative estimate of drug-likeness (QED) is 0.749. The average molecular weight is 253 g/mol. The van der Waals surface area contributed by atoms with E-state index in [0.29, 0.717) is 12.3 Å². The second-order valence-electron chi connectivity index (χ2n) is 4.25. The van der Waals surface area contributed by atoms with Crippen LogP contribution in [0, 0.1) is 0 Å². The number of aromatic nitrogens is 2. The van der Waals surface area contributed by atoms with Gasteiger partial charge in [0.15, 0.2) is 0 Å². The molecule has 0 N–H and O–H groups in total. The van der Waals surface area contributed by atoms with Gasteiger partial charge in [-0.3, -0.25) is 4.79 Å². The fraction of sp³-hybridized carbons (Fsp3) is 0.667. The Bertz CT molecular complexity index is 334. The summed E-state index contributed by atoms with van der Waals surface area (Å²) >= 11 is 1.94. The van der Waals surface area contributed by atoms with Crippen LogP contribution in [0.1, 0.15) is 19.3 Å². The maximum atomic E-state index is 11.9. The van der Waals surface area contributed by atoms with Crippen molar-refractivity contribution < 1.29 is 4.79 Å². The molecular formula is C12H19N3OS. The van der Waals surface area contributed by atoms with Crippen molar-refractivity contribution >= 4 is 17.7 Å². The lowest BCUT2D eigenvalue weighted by Crippen LogP contribution is -2.37. The maximum absolute atomic E-state index is 11.9. The van der Waals surface area contributed by atoms with Crippen LogP contribution in [0.15, 0.2) is 18.7 Å². The van der Waals surface area contributed by atoms with Gasteiger partial charge in [0.2, 0.25) is 5.91 Å². The Balaban J connectivity index is 1.59. The van der Waals surface area contributed by atoms with E-state index >= 15 is 0 Å². The van der Waals surface area contributed by atoms with Crippen molar-refractivity contribution in [2.75, 3.05) is 24.6 Å². The fourth-order valence-corrected chi connectivity index (χ4v) is 2.86. The summed E-state index contributed by atoms with van der Waals surface area (Å²) in [7, 11) is 0. The minimum Gasteiger partial charge on any atom is -0.341 e. The number of hydrogen-bond acceptors (Lipinski definition) is 3.